The highest BCUT2D eigenvalue weighted by Gasteiger charge is 2.36. The van der Waals surface area contributed by atoms with Gasteiger partial charge >= 0.3 is 18.0 Å². The Morgan fingerprint density at radius 2 is 1.37 bits per heavy atom. The van der Waals surface area contributed by atoms with Gasteiger partial charge in [0, 0.05) is 6.42 Å². The number of hydrogen-bond acceptors (Lipinski definition) is 13. The lowest BCUT2D eigenvalue weighted by molar-refractivity contribution is -0.772. The van der Waals surface area contributed by atoms with Gasteiger partial charge in [0.15, 0.2) is 0 Å². The summed E-state index contributed by atoms with van der Waals surface area (Å²) < 4.78 is 15.3. The number of amides is 1. The molecule has 0 aliphatic rings. The maximum Gasteiger partial charge on any atom is 0.408 e. The molecule has 0 saturated carbocycles. The predicted octanol–water partition coefficient (Wildman–Crippen LogP) is 0.940. The van der Waals surface area contributed by atoms with Gasteiger partial charge in [0.1, 0.15) is 37.1 Å². The first-order valence-electron chi connectivity index (χ1n) is 10.4. The van der Waals surface area contributed by atoms with E-state index < -0.39 is 77.3 Å². The number of carbonyl (C=O) groups excluding carboxylic acids is 3. The van der Waals surface area contributed by atoms with E-state index in [0.717, 1.165) is 0 Å². The third-order valence-electron chi connectivity index (χ3n) is 3.84. The number of nitrogens with one attached hydrogen (secondary N) is 1. The average Bonchev–Trinajstić information content (AvgIpc) is 2.67. The van der Waals surface area contributed by atoms with Crippen LogP contribution in [0.3, 0.4) is 0 Å². The van der Waals surface area contributed by atoms with Crippen LogP contribution in [0, 0.1) is 25.6 Å². The number of carbonyl (C=O) groups is 3. The molecule has 2 N–H and O–H groups in total. The number of esters is 2. The summed E-state index contributed by atoms with van der Waals surface area (Å²) in [6.07, 6.45) is -1.56. The van der Waals surface area contributed by atoms with Crippen LogP contribution in [0.2, 0.25) is 0 Å². The molecule has 0 aromatic heterocycles. The number of rotatable bonds is 14. The standard InChI is InChI=1S/C19H33N3O13/c1-17(2,3)34-14(24)8-7-13(20-16(26)35-18(4,5)6)15(25)31-10-19(9-23,11-32-21(27)28)12-33-22(29)30/h13,23H,7-12H2,1-6H3,(H,20,26)/t13-/m0/s1. The van der Waals surface area contributed by atoms with Crippen LogP contribution >= 0.6 is 0 Å². The van der Waals surface area contributed by atoms with Crippen LogP contribution in [0.15, 0.2) is 0 Å². The van der Waals surface area contributed by atoms with Gasteiger partial charge in [-0.25, -0.2) is 9.59 Å². The van der Waals surface area contributed by atoms with Crippen molar-refractivity contribution in [1.82, 2.24) is 5.32 Å². The van der Waals surface area contributed by atoms with E-state index >= 15 is 0 Å². The van der Waals surface area contributed by atoms with E-state index in [2.05, 4.69) is 15.0 Å². The van der Waals surface area contributed by atoms with Crippen molar-refractivity contribution < 1.29 is 53.5 Å². The van der Waals surface area contributed by atoms with Crippen molar-refractivity contribution in [3.8, 4) is 0 Å². The van der Waals surface area contributed by atoms with E-state index in [9.17, 15) is 39.7 Å². The molecule has 0 radical (unpaired) electrons. The smallest absolute Gasteiger partial charge is 0.408 e. The molecular formula is C19H33N3O13. The Morgan fingerprint density at radius 1 is 0.886 bits per heavy atom. The highest BCUT2D eigenvalue weighted by Crippen LogP contribution is 2.20. The zero-order valence-corrected chi connectivity index (χ0v) is 20.6. The minimum Gasteiger partial charge on any atom is -0.463 e. The maximum absolute atomic E-state index is 12.7. The van der Waals surface area contributed by atoms with Crippen LogP contribution in [-0.2, 0) is 33.5 Å². The average molecular weight is 511 g/mol. The van der Waals surface area contributed by atoms with Gasteiger partial charge in [-0.3, -0.25) is 4.79 Å². The summed E-state index contributed by atoms with van der Waals surface area (Å²) in [4.78, 5) is 66.4. The molecule has 1 amide bonds. The van der Waals surface area contributed by atoms with E-state index in [1.807, 2.05) is 0 Å². The Bertz CT molecular complexity index is 740. The summed E-state index contributed by atoms with van der Waals surface area (Å²) in [6, 6.07) is -1.43. The SMILES string of the molecule is CC(C)(C)OC(=O)CC[C@H](NC(=O)OC(C)(C)C)C(=O)OCC(CO)(CO[N+](=O)[O-])CO[N+](=O)[O-]. The second-order valence-corrected chi connectivity index (χ2v) is 9.58. The lowest BCUT2D eigenvalue weighted by Crippen LogP contribution is -2.47. The van der Waals surface area contributed by atoms with Crippen LogP contribution in [-0.4, -0.2) is 77.0 Å². The molecular weight excluding hydrogens is 478 g/mol. The molecule has 0 aliphatic heterocycles. The molecule has 16 nitrogen and oxygen atoms in total. The van der Waals surface area contributed by atoms with Crippen molar-refractivity contribution >= 4 is 18.0 Å². The van der Waals surface area contributed by atoms with Gasteiger partial charge < -0.3 is 34.3 Å². The zero-order valence-electron chi connectivity index (χ0n) is 20.6. The first-order chi connectivity index (χ1) is 15.9. The number of hydrogen-bond donors (Lipinski definition) is 2. The number of alkyl carbamates (subject to hydrolysis) is 1. The summed E-state index contributed by atoms with van der Waals surface area (Å²) in [5.74, 6) is -1.77. The quantitative estimate of drug-likeness (QED) is 0.144. The minimum absolute atomic E-state index is 0.268. The topological polar surface area (TPSA) is 216 Å². The Hall–Kier alpha value is -3.43. The highest BCUT2D eigenvalue weighted by molar-refractivity contribution is 5.82. The van der Waals surface area contributed by atoms with E-state index in [4.69, 9.17) is 14.2 Å². The van der Waals surface area contributed by atoms with Gasteiger partial charge in [-0.15, -0.1) is 20.2 Å². The molecule has 0 fully saturated rings. The number of aliphatic hydroxyl groups is 1. The largest absolute Gasteiger partial charge is 0.463 e. The van der Waals surface area contributed by atoms with Gasteiger partial charge in [0.2, 0.25) is 0 Å². The summed E-state index contributed by atoms with van der Waals surface area (Å²) in [7, 11) is 0. The third-order valence-corrected chi connectivity index (χ3v) is 3.84. The molecule has 16 heteroatoms. The molecule has 0 saturated heterocycles. The number of ether oxygens (including phenoxy) is 3. The van der Waals surface area contributed by atoms with E-state index in [1.54, 1.807) is 41.5 Å². The molecule has 0 heterocycles. The Labute approximate surface area is 201 Å². The normalized spacial score (nSPS) is 12.7. The molecule has 0 aromatic rings. The maximum atomic E-state index is 12.7. The van der Waals surface area contributed by atoms with Gasteiger partial charge in [0.05, 0.1) is 12.0 Å². The van der Waals surface area contributed by atoms with Crippen molar-refractivity contribution in [2.45, 2.75) is 71.6 Å². The van der Waals surface area contributed by atoms with E-state index in [1.165, 1.54) is 0 Å². The van der Waals surface area contributed by atoms with Gasteiger partial charge in [-0.1, -0.05) is 0 Å². The van der Waals surface area contributed by atoms with Crippen LogP contribution in [0.5, 0.6) is 0 Å². The first-order valence-corrected chi connectivity index (χ1v) is 10.4. The fourth-order valence-electron chi connectivity index (χ4n) is 2.32. The zero-order chi connectivity index (χ0) is 27.4. The van der Waals surface area contributed by atoms with Crippen molar-refractivity contribution in [3.63, 3.8) is 0 Å². The van der Waals surface area contributed by atoms with E-state index in [0.29, 0.717) is 0 Å². The summed E-state index contributed by atoms with van der Waals surface area (Å²) in [5.41, 5.74) is -3.58. The van der Waals surface area contributed by atoms with Crippen LogP contribution in [0.1, 0.15) is 54.4 Å². The number of aliphatic hydroxyl groups excluding tert-OH is 1. The van der Waals surface area contributed by atoms with Crippen molar-refractivity contribution in [2.75, 3.05) is 26.4 Å². The molecule has 0 spiro atoms. The van der Waals surface area contributed by atoms with Crippen LogP contribution in [0.4, 0.5) is 4.79 Å². The fraction of sp³-hybridized carbons (Fsp3) is 0.842. The van der Waals surface area contributed by atoms with Gasteiger partial charge in [-0.2, -0.15) is 0 Å². The summed E-state index contributed by atoms with van der Waals surface area (Å²) in [6.45, 7) is 6.10. The highest BCUT2D eigenvalue weighted by atomic mass is 17.0. The summed E-state index contributed by atoms with van der Waals surface area (Å²) >= 11 is 0. The lowest BCUT2D eigenvalue weighted by atomic mass is 9.92. The fourth-order valence-corrected chi connectivity index (χ4v) is 2.32. The second-order valence-electron chi connectivity index (χ2n) is 9.58. The van der Waals surface area contributed by atoms with Crippen LogP contribution in [0.25, 0.3) is 0 Å². The van der Waals surface area contributed by atoms with Gasteiger partial charge in [0.25, 0.3) is 10.2 Å². The van der Waals surface area contributed by atoms with Gasteiger partial charge in [-0.05, 0) is 48.0 Å². The Balaban J connectivity index is 5.50. The Morgan fingerprint density at radius 3 is 1.77 bits per heavy atom. The first kappa shape index (κ1) is 31.6. The molecule has 35 heavy (non-hydrogen) atoms. The predicted molar refractivity (Wildman–Crippen MR) is 115 cm³/mol. The summed E-state index contributed by atoms with van der Waals surface area (Å²) in [5, 5.41) is 30.6. The van der Waals surface area contributed by atoms with Crippen molar-refractivity contribution in [1.29, 1.82) is 0 Å². The van der Waals surface area contributed by atoms with E-state index in [-0.39, 0.29) is 12.8 Å². The molecule has 0 aromatic carbocycles. The molecule has 0 rings (SSSR count). The van der Waals surface area contributed by atoms with Crippen LogP contribution < -0.4 is 5.32 Å². The lowest BCUT2D eigenvalue weighted by Gasteiger charge is -2.30. The molecule has 1 atom stereocenters. The number of nitrogens with zero attached hydrogens (tertiary/aromatic N) is 2. The molecule has 202 valence electrons. The second kappa shape index (κ2) is 13.5. The Kier molecular flexibility index (Phi) is 12.1. The minimum atomic E-state index is -1.88. The van der Waals surface area contributed by atoms with Crippen molar-refractivity contribution in [3.05, 3.63) is 20.2 Å². The monoisotopic (exact) mass is 511 g/mol. The third kappa shape index (κ3) is 15.2. The molecule has 0 unspecified atom stereocenters. The molecule has 0 aliphatic carbocycles. The molecule has 0 bridgehead atoms. The van der Waals surface area contributed by atoms with Crippen molar-refractivity contribution in [2.24, 2.45) is 5.41 Å².